The molecular weight excluding hydrogens is 298 g/mol. The minimum Gasteiger partial charge on any atom is -0.384 e. The molecule has 1 nitrogen and oxygen atoms in total. The summed E-state index contributed by atoms with van der Waals surface area (Å²) >= 11 is 1.86. The summed E-state index contributed by atoms with van der Waals surface area (Å²) in [4.78, 5) is 0. The molecule has 23 heavy (non-hydrogen) atoms. The van der Waals surface area contributed by atoms with E-state index in [1.807, 2.05) is 17.5 Å². The zero-order valence-corrected chi connectivity index (χ0v) is 14.2. The topological polar surface area (TPSA) is 12.0 Å². The minimum atomic E-state index is 0.256. The molecule has 0 saturated heterocycles. The first kappa shape index (κ1) is 14.3. The SMILES string of the molecule is C=C1/C=C(C)\C=C/NC(C)c2cc3sc4ccccc4c3cc21. The summed E-state index contributed by atoms with van der Waals surface area (Å²) < 4.78 is 2.69. The molecule has 114 valence electrons. The molecule has 1 atom stereocenters. The van der Waals surface area contributed by atoms with E-state index in [2.05, 4.69) is 74.3 Å². The van der Waals surface area contributed by atoms with Gasteiger partial charge in [0.15, 0.2) is 0 Å². The first-order valence-corrected chi connectivity index (χ1v) is 8.70. The van der Waals surface area contributed by atoms with Crippen LogP contribution in [0.15, 0.2) is 66.9 Å². The monoisotopic (exact) mass is 317 g/mol. The van der Waals surface area contributed by atoms with Crippen LogP contribution in [0.3, 0.4) is 0 Å². The van der Waals surface area contributed by atoms with Gasteiger partial charge in [-0.1, -0.05) is 30.9 Å². The number of hydrogen-bond acceptors (Lipinski definition) is 2. The number of nitrogens with one attached hydrogen (secondary N) is 1. The first-order chi connectivity index (χ1) is 11.1. The second-order valence-corrected chi connectivity index (χ2v) is 7.25. The molecule has 0 amide bonds. The molecule has 1 unspecified atom stereocenters. The fourth-order valence-corrected chi connectivity index (χ4v) is 4.37. The van der Waals surface area contributed by atoms with Crippen molar-refractivity contribution in [3.63, 3.8) is 0 Å². The van der Waals surface area contributed by atoms with Crippen LogP contribution >= 0.6 is 11.3 Å². The molecule has 3 aromatic rings. The van der Waals surface area contributed by atoms with Crippen molar-refractivity contribution >= 4 is 37.1 Å². The molecule has 1 aromatic heterocycles. The lowest BCUT2D eigenvalue weighted by molar-refractivity contribution is 0.686. The third-order valence-corrected chi connectivity index (χ3v) is 5.59. The van der Waals surface area contributed by atoms with E-state index in [4.69, 9.17) is 0 Å². The summed E-state index contributed by atoms with van der Waals surface area (Å²) in [5.41, 5.74) is 4.83. The van der Waals surface area contributed by atoms with Gasteiger partial charge < -0.3 is 5.32 Å². The van der Waals surface area contributed by atoms with Crippen molar-refractivity contribution < 1.29 is 0 Å². The van der Waals surface area contributed by atoms with Crippen LogP contribution < -0.4 is 5.32 Å². The van der Waals surface area contributed by atoms with Gasteiger partial charge in [0.25, 0.3) is 0 Å². The Kier molecular flexibility index (Phi) is 3.35. The van der Waals surface area contributed by atoms with Crippen LogP contribution in [0.4, 0.5) is 0 Å². The largest absolute Gasteiger partial charge is 0.384 e. The highest BCUT2D eigenvalue weighted by molar-refractivity contribution is 7.25. The van der Waals surface area contributed by atoms with E-state index in [1.54, 1.807) is 0 Å². The summed E-state index contributed by atoms with van der Waals surface area (Å²) in [7, 11) is 0. The summed E-state index contributed by atoms with van der Waals surface area (Å²) in [5.74, 6) is 0. The molecule has 1 aliphatic rings. The molecule has 2 aromatic carbocycles. The third kappa shape index (κ3) is 2.40. The van der Waals surface area contributed by atoms with Crippen molar-refractivity contribution in [2.24, 2.45) is 0 Å². The van der Waals surface area contributed by atoms with Gasteiger partial charge in [0.05, 0.1) is 0 Å². The molecule has 1 aliphatic heterocycles. The highest BCUT2D eigenvalue weighted by atomic mass is 32.1. The van der Waals surface area contributed by atoms with Crippen molar-refractivity contribution in [1.29, 1.82) is 0 Å². The molecule has 0 bridgehead atoms. The second-order valence-electron chi connectivity index (χ2n) is 6.17. The van der Waals surface area contributed by atoms with Gasteiger partial charge in [0, 0.05) is 26.2 Å². The number of fused-ring (bicyclic) bond motifs is 4. The lowest BCUT2D eigenvalue weighted by Gasteiger charge is -2.17. The van der Waals surface area contributed by atoms with Crippen LogP contribution in [0.25, 0.3) is 25.7 Å². The Morgan fingerprint density at radius 1 is 1.09 bits per heavy atom. The smallest absolute Gasteiger partial charge is 0.0486 e. The molecule has 0 fully saturated rings. The van der Waals surface area contributed by atoms with Gasteiger partial charge in [-0.2, -0.15) is 0 Å². The van der Waals surface area contributed by atoms with Crippen LogP contribution in [0.2, 0.25) is 0 Å². The Morgan fingerprint density at radius 3 is 2.78 bits per heavy atom. The maximum absolute atomic E-state index is 4.32. The van der Waals surface area contributed by atoms with Gasteiger partial charge in [-0.3, -0.25) is 0 Å². The van der Waals surface area contributed by atoms with E-state index in [0.717, 1.165) is 5.57 Å². The predicted molar refractivity (Wildman–Crippen MR) is 103 cm³/mol. The average Bonchev–Trinajstić information content (AvgIpc) is 2.91. The molecule has 1 N–H and O–H groups in total. The van der Waals surface area contributed by atoms with Crippen LogP contribution in [0.5, 0.6) is 0 Å². The second kappa shape index (κ2) is 5.39. The lowest BCUT2D eigenvalue weighted by Crippen LogP contribution is -2.12. The maximum atomic E-state index is 4.32. The summed E-state index contributed by atoms with van der Waals surface area (Å²) in [6, 6.07) is 13.5. The zero-order chi connectivity index (χ0) is 16.0. The molecule has 0 saturated carbocycles. The summed E-state index contributed by atoms with van der Waals surface area (Å²) in [6.45, 7) is 8.63. The van der Waals surface area contributed by atoms with Gasteiger partial charge in [-0.25, -0.2) is 0 Å². The van der Waals surface area contributed by atoms with Crippen molar-refractivity contribution in [3.8, 4) is 0 Å². The van der Waals surface area contributed by atoms with Gasteiger partial charge in [0.1, 0.15) is 0 Å². The van der Waals surface area contributed by atoms with Gasteiger partial charge in [-0.05, 0) is 66.6 Å². The van der Waals surface area contributed by atoms with E-state index in [1.165, 1.54) is 36.9 Å². The van der Waals surface area contributed by atoms with E-state index in [-0.39, 0.29) is 6.04 Å². The highest BCUT2D eigenvalue weighted by Gasteiger charge is 2.16. The average molecular weight is 317 g/mol. The number of hydrogen-bond donors (Lipinski definition) is 1. The molecule has 2 heterocycles. The van der Waals surface area contributed by atoms with Gasteiger partial charge >= 0.3 is 0 Å². The number of rotatable bonds is 0. The molecule has 0 spiro atoms. The zero-order valence-electron chi connectivity index (χ0n) is 13.4. The van der Waals surface area contributed by atoms with Crippen LogP contribution in [-0.4, -0.2) is 0 Å². The Balaban J connectivity index is 2.04. The highest BCUT2D eigenvalue weighted by Crippen LogP contribution is 2.38. The molecular formula is C21H19NS. The van der Waals surface area contributed by atoms with Crippen LogP contribution in [0, 0.1) is 0 Å². The van der Waals surface area contributed by atoms with Crippen molar-refractivity contribution in [2.75, 3.05) is 0 Å². The number of allylic oxidation sites excluding steroid dienone is 4. The third-order valence-electron chi connectivity index (χ3n) is 4.46. The van der Waals surface area contributed by atoms with Crippen molar-refractivity contribution in [1.82, 2.24) is 5.32 Å². The normalized spacial score (nSPS) is 21.7. The summed E-state index contributed by atoms with van der Waals surface area (Å²) in [6.07, 6.45) is 6.30. The van der Waals surface area contributed by atoms with Gasteiger partial charge in [0.2, 0.25) is 0 Å². The summed E-state index contributed by atoms with van der Waals surface area (Å²) in [5, 5.41) is 6.14. The van der Waals surface area contributed by atoms with Crippen molar-refractivity contribution in [2.45, 2.75) is 19.9 Å². The van der Waals surface area contributed by atoms with E-state index in [0.29, 0.717) is 0 Å². The number of benzene rings is 2. The Morgan fingerprint density at radius 2 is 1.91 bits per heavy atom. The molecule has 4 rings (SSSR count). The maximum Gasteiger partial charge on any atom is 0.0486 e. The van der Waals surface area contributed by atoms with E-state index < -0.39 is 0 Å². The van der Waals surface area contributed by atoms with Crippen LogP contribution in [-0.2, 0) is 0 Å². The van der Waals surface area contributed by atoms with Crippen LogP contribution in [0.1, 0.15) is 31.0 Å². The predicted octanol–water partition coefficient (Wildman–Crippen LogP) is 6.19. The number of thiophene rings is 1. The van der Waals surface area contributed by atoms with Crippen molar-refractivity contribution in [3.05, 3.63) is 78.0 Å². The molecule has 0 aliphatic carbocycles. The Hall–Kier alpha value is -2.32. The molecule has 0 radical (unpaired) electrons. The fourth-order valence-electron chi connectivity index (χ4n) is 3.24. The van der Waals surface area contributed by atoms with E-state index >= 15 is 0 Å². The Labute approximate surface area is 140 Å². The fraction of sp³-hybridized carbons (Fsp3) is 0.143. The van der Waals surface area contributed by atoms with E-state index in [9.17, 15) is 0 Å². The standard InChI is InChI=1S/C21H19NS/c1-13-8-9-22-15(3)18-12-21-19(11-17(18)14(2)10-13)16-6-4-5-7-20(16)23-21/h4-12,15,22H,2H2,1,3H3/b9-8-,13-10-. The quantitative estimate of drug-likeness (QED) is 0.521. The first-order valence-electron chi connectivity index (χ1n) is 7.89. The van der Waals surface area contributed by atoms with Gasteiger partial charge in [-0.15, -0.1) is 11.3 Å². The molecule has 2 heteroatoms. The lowest BCUT2D eigenvalue weighted by atomic mass is 9.93. The Bertz CT molecular complexity index is 988. The minimum absolute atomic E-state index is 0.256.